The van der Waals surface area contributed by atoms with Crippen molar-refractivity contribution in [2.75, 3.05) is 12.4 Å². The third-order valence-corrected chi connectivity index (χ3v) is 7.62. The molecule has 0 radical (unpaired) electrons. The number of benzene rings is 1. The second-order valence-electron chi connectivity index (χ2n) is 6.64. The normalized spacial score (nSPS) is 16.4. The van der Waals surface area contributed by atoms with E-state index in [1.807, 2.05) is 31.2 Å². The Balaban J connectivity index is 1.37. The summed E-state index contributed by atoms with van der Waals surface area (Å²) >= 11 is 5.04. The summed E-state index contributed by atoms with van der Waals surface area (Å²) in [5.41, 5.74) is 1.75. The molecule has 1 saturated heterocycles. The molecule has 1 N–H and O–H groups in total. The summed E-state index contributed by atoms with van der Waals surface area (Å²) in [5, 5.41) is 6.20. The molecule has 2 aromatic heterocycles. The highest BCUT2D eigenvalue weighted by Crippen LogP contribution is 2.29. The predicted octanol–water partition coefficient (Wildman–Crippen LogP) is 5.38. The van der Waals surface area contributed by atoms with Gasteiger partial charge in [-0.15, -0.1) is 34.4 Å². The summed E-state index contributed by atoms with van der Waals surface area (Å²) in [6.45, 7) is 3.39. The first-order valence-electron chi connectivity index (χ1n) is 9.32. The van der Waals surface area contributed by atoms with Crippen molar-refractivity contribution in [2.45, 2.75) is 37.3 Å². The highest BCUT2D eigenvalue weighted by Gasteiger charge is 2.18. The van der Waals surface area contributed by atoms with E-state index < -0.39 is 0 Å². The number of carbonyl (C=O) groups excluding carboxylic acids is 1. The van der Waals surface area contributed by atoms with Crippen molar-refractivity contribution in [1.82, 2.24) is 10.3 Å². The Bertz CT molecular complexity index is 945. The van der Waals surface area contributed by atoms with Crippen LogP contribution in [0.15, 0.2) is 46.7 Å². The lowest BCUT2D eigenvalue weighted by atomic mass is 10.2. The number of nitrogens with zero attached hydrogens (tertiary/aromatic N) is 1. The van der Waals surface area contributed by atoms with Crippen LogP contribution in [0, 0.1) is 6.92 Å². The standard InChI is InChI=1S/C21H22N2O2S3/c1-14-23-18(13-26-14)20-9-8-16(28-20)11-22-21(24)17-6-2-3-7-19(17)27-12-15-5-4-10-25-15/h2-3,6-9,13,15H,4-5,10-12H2,1H3,(H,22,24). The van der Waals surface area contributed by atoms with Crippen LogP contribution in [-0.4, -0.2) is 29.4 Å². The summed E-state index contributed by atoms with van der Waals surface area (Å²) in [6, 6.07) is 11.9. The molecule has 28 heavy (non-hydrogen) atoms. The van der Waals surface area contributed by atoms with Crippen LogP contribution in [0.25, 0.3) is 10.6 Å². The fourth-order valence-electron chi connectivity index (χ4n) is 3.09. The van der Waals surface area contributed by atoms with Crippen molar-refractivity contribution in [3.05, 3.63) is 57.2 Å². The number of aryl methyl sites for hydroxylation is 1. The van der Waals surface area contributed by atoms with Crippen molar-refractivity contribution in [1.29, 1.82) is 0 Å². The number of thiophene rings is 1. The topological polar surface area (TPSA) is 51.2 Å². The maximum Gasteiger partial charge on any atom is 0.252 e. The Hall–Kier alpha value is -1.67. The zero-order valence-corrected chi connectivity index (χ0v) is 18.1. The maximum atomic E-state index is 12.8. The van der Waals surface area contributed by atoms with Gasteiger partial charge in [0.1, 0.15) is 0 Å². The van der Waals surface area contributed by atoms with Gasteiger partial charge in [0.05, 0.1) is 33.8 Å². The van der Waals surface area contributed by atoms with Gasteiger partial charge >= 0.3 is 0 Å². The van der Waals surface area contributed by atoms with Gasteiger partial charge in [0.25, 0.3) is 5.91 Å². The van der Waals surface area contributed by atoms with E-state index in [1.54, 1.807) is 34.4 Å². The van der Waals surface area contributed by atoms with Crippen molar-refractivity contribution in [3.8, 4) is 10.6 Å². The molecular weight excluding hydrogens is 408 g/mol. The van der Waals surface area contributed by atoms with Crippen LogP contribution in [0.2, 0.25) is 0 Å². The number of aromatic nitrogens is 1. The first kappa shape index (κ1) is 19.6. The Morgan fingerprint density at radius 2 is 2.21 bits per heavy atom. The van der Waals surface area contributed by atoms with Crippen LogP contribution < -0.4 is 5.32 Å². The molecule has 1 unspecified atom stereocenters. The van der Waals surface area contributed by atoms with E-state index in [0.29, 0.717) is 12.6 Å². The van der Waals surface area contributed by atoms with E-state index in [1.165, 1.54) is 0 Å². The Labute approximate surface area is 177 Å². The first-order valence-corrected chi connectivity index (χ1v) is 12.0. The first-order chi connectivity index (χ1) is 13.7. The molecule has 4 nitrogen and oxygen atoms in total. The number of ether oxygens (including phenoxy) is 1. The number of nitrogens with one attached hydrogen (secondary N) is 1. The molecule has 0 spiro atoms. The molecule has 3 aromatic rings. The van der Waals surface area contributed by atoms with Gasteiger partial charge in [0.15, 0.2) is 0 Å². The Kier molecular flexibility index (Phi) is 6.47. The quantitative estimate of drug-likeness (QED) is 0.511. The van der Waals surface area contributed by atoms with Crippen LogP contribution in [0.4, 0.5) is 0 Å². The number of hydrogen-bond acceptors (Lipinski definition) is 6. The SMILES string of the molecule is Cc1nc(-c2ccc(CNC(=O)c3ccccc3SCC3CCCO3)s2)cs1. The average Bonchev–Trinajstić information content (AvgIpc) is 3.46. The van der Waals surface area contributed by atoms with Crippen molar-refractivity contribution >= 4 is 40.3 Å². The zero-order valence-electron chi connectivity index (χ0n) is 15.6. The summed E-state index contributed by atoms with van der Waals surface area (Å²) < 4.78 is 5.70. The average molecular weight is 431 g/mol. The third kappa shape index (κ3) is 4.84. The van der Waals surface area contributed by atoms with Crippen LogP contribution >= 0.6 is 34.4 Å². The zero-order chi connectivity index (χ0) is 19.3. The lowest BCUT2D eigenvalue weighted by molar-refractivity contribution is 0.0948. The number of hydrogen-bond donors (Lipinski definition) is 1. The molecule has 1 atom stereocenters. The van der Waals surface area contributed by atoms with Gasteiger partial charge < -0.3 is 10.1 Å². The molecule has 1 aliphatic heterocycles. The molecule has 0 aliphatic carbocycles. The predicted molar refractivity (Wildman–Crippen MR) is 117 cm³/mol. The van der Waals surface area contributed by atoms with Crippen LogP contribution in [-0.2, 0) is 11.3 Å². The lowest BCUT2D eigenvalue weighted by Gasteiger charge is -2.12. The summed E-state index contributed by atoms with van der Waals surface area (Å²) in [7, 11) is 0. The Morgan fingerprint density at radius 1 is 1.32 bits per heavy atom. The van der Waals surface area contributed by atoms with E-state index in [2.05, 4.69) is 27.8 Å². The minimum Gasteiger partial charge on any atom is -0.377 e. The van der Waals surface area contributed by atoms with E-state index >= 15 is 0 Å². The van der Waals surface area contributed by atoms with Crippen molar-refractivity contribution in [3.63, 3.8) is 0 Å². The van der Waals surface area contributed by atoms with Crippen LogP contribution in [0.1, 0.15) is 33.1 Å². The fourth-order valence-corrected chi connectivity index (χ4v) is 5.80. The van der Waals surface area contributed by atoms with Gasteiger partial charge in [-0.3, -0.25) is 4.79 Å². The van der Waals surface area contributed by atoms with Crippen molar-refractivity contribution in [2.24, 2.45) is 0 Å². The minimum atomic E-state index is -0.0325. The van der Waals surface area contributed by atoms with Crippen LogP contribution in [0.5, 0.6) is 0 Å². The molecule has 3 heterocycles. The van der Waals surface area contributed by atoms with Crippen LogP contribution in [0.3, 0.4) is 0 Å². The van der Waals surface area contributed by atoms with Gasteiger partial charge in [-0.25, -0.2) is 4.98 Å². The lowest BCUT2D eigenvalue weighted by Crippen LogP contribution is -2.23. The Morgan fingerprint density at radius 3 is 3.00 bits per heavy atom. The second-order valence-corrected chi connectivity index (χ2v) is 9.93. The molecular formula is C21H22N2O2S3. The highest BCUT2D eigenvalue weighted by molar-refractivity contribution is 7.99. The highest BCUT2D eigenvalue weighted by atomic mass is 32.2. The second kappa shape index (κ2) is 9.22. The van der Waals surface area contributed by atoms with Gasteiger partial charge in [-0.2, -0.15) is 0 Å². The van der Waals surface area contributed by atoms with Gasteiger partial charge in [0, 0.05) is 27.5 Å². The molecule has 146 valence electrons. The summed E-state index contributed by atoms with van der Waals surface area (Å²) in [6.07, 6.45) is 2.55. The van der Waals surface area contributed by atoms with E-state index in [9.17, 15) is 4.79 Å². The molecule has 7 heteroatoms. The number of thioether (sulfide) groups is 1. The summed E-state index contributed by atoms with van der Waals surface area (Å²) in [4.78, 5) is 20.6. The van der Waals surface area contributed by atoms with Gasteiger partial charge in [0.2, 0.25) is 0 Å². The number of carbonyl (C=O) groups is 1. The molecule has 0 saturated carbocycles. The molecule has 0 bridgehead atoms. The molecule has 1 aliphatic rings. The smallest absolute Gasteiger partial charge is 0.252 e. The number of amides is 1. The summed E-state index contributed by atoms with van der Waals surface area (Å²) in [5.74, 6) is 0.862. The van der Waals surface area contributed by atoms with Gasteiger partial charge in [-0.1, -0.05) is 12.1 Å². The monoisotopic (exact) mass is 430 g/mol. The van der Waals surface area contributed by atoms with E-state index in [0.717, 1.165) is 56.1 Å². The van der Waals surface area contributed by atoms with Crippen molar-refractivity contribution < 1.29 is 9.53 Å². The maximum absolute atomic E-state index is 12.8. The largest absolute Gasteiger partial charge is 0.377 e. The molecule has 1 fully saturated rings. The fraction of sp³-hybridized carbons (Fsp3) is 0.333. The van der Waals surface area contributed by atoms with Gasteiger partial charge in [-0.05, 0) is 44.0 Å². The number of thiazole rings is 1. The molecule has 1 amide bonds. The van der Waals surface area contributed by atoms with E-state index in [4.69, 9.17) is 4.74 Å². The molecule has 1 aromatic carbocycles. The minimum absolute atomic E-state index is 0.0325. The number of rotatable bonds is 7. The molecule has 4 rings (SSSR count). The third-order valence-electron chi connectivity index (χ3n) is 4.54. The van der Waals surface area contributed by atoms with E-state index in [-0.39, 0.29) is 5.91 Å².